The van der Waals surface area contributed by atoms with E-state index in [-0.39, 0.29) is 18.5 Å². The Labute approximate surface area is 195 Å². The van der Waals surface area contributed by atoms with Gasteiger partial charge >= 0.3 is 0 Å². The number of benzene rings is 2. The maximum absolute atomic E-state index is 6.56. The molecule has 0 aromatic heterocycles. The lowest BCUT2D eigenvalue weighted by Crippen LogP contribution is -2.62. The van der Waals surface area contributed by atoms with E-state index in [9.17, 15) is 0 Å². The number of aryl methyl sites for hydroxylation is 1. The van der Waals surface area contributed by atoms with Crippen LogP contribution < -0.4 is 0 Å². The van der Waals surface area contributed by atoms with Crippen LogP contribution in [0.3, 0.4) is 0 Å². The van der Waals surface area contributed by atoms with Gasteiger partial charge in [-0.1, -0.05) is 54.6 Å². The third kappa shape index (κ3) is 4.03. The van der Waals surface area contributed by atoms with Crippen molar-refractivity contribution in [1.29, 1.82) is 0 Å². The zero-order valence-corrected chi connectivity index (χ0v) is 19.4. The highest BCUT2D eigenvalue weighted by Crippen LogP contribution is 2.54. The molecule has 3 heterocycles. The van der Waals surface area contributed by atoms with Crippen molar-refractivity contribution < 1.29 is 28.4 Å². The number of hydrogen-bond donors (Lipinski definition) is 0. The van der Waals surface area contributed by atoms with Crippen LogP contribution in [0.15, 0.2) is 54.6 Å². The normalized spacial score (nSPS) is 39.0. The predicted octanol–water partition coefficient (Wildman–Crippen LogP) is 4.30. The molecular weight excluding hydrogens is 420 g/mol. The quantitative estimate of drug-likeness (QED) is 0.674. The second-order valence-corrected chi connectivity index (χ2v) is 10.1. The Kier molecular flexibility index (Phi) is 5.36. The van der Waals surface area contributed by atoms with Gasteiger partial charge in [0.2, 0.25) is 5.79 Å². The molecule has 0 unspecified atom stereocenters. The van der Waals surface area contributed by atoms with Crippen molar-refractivity contribution in [3.63, 3.8) is 0 Å². The Morgan fingerprint density at radius 2 is 1.76 bits per heavy atom. The molecule has 3 saturated heterocycles. The summed E-state index contributed by atoms with van der Waals surface area (Å²) in [6.07, 6.45) is -0.115. The minimum absolute atomic E-state index is 0.188. The van der Waals surface area contributed by atoms with E-state index in [0.29, 0.717) is 31.7 Å². The van der Waals surface area contributed by atoms with Gasteiger partial charge < -0.3 is 28.4 Å². The molecule has 0 bridgehead atoms. The van der Waals surface area contributed by atoms with Crippen LogP contribution in [0.2, 0.25) is 0 Å². The van der Waals surface area contributed by atoms with Crippen molar-refractivity contribution in [2.24, 2.45) is 5.92 Å². The summed E-state index contributed by atoms with van der Waals surface area (Å²) < 4.78 is 38.0. The summed E-state index contributed by atoms with van der Waals surface area (Å²) in [5.74, 6) is -0.926. The van der Waals surface area contributed by atoms with Gasteiger partial charge in [-0.25, -0.2) is 0 Å². The maximum Gasteiger partial charge on any atom is 0.224 e. The molecule has 6 nitrogen and oxygen atoms in total. The van der Waals surface area contributed by atoms with Crippen molar-refractivity contribution in [2.45, 2.75) is 75.9 Å². The third-order valence-corrected chi connectivity index (χ3v) is 7.33. The van der Waals surface area contributed by atoms with Crippen molar-refractivity contribution >= 4 is 0 Å². The van der Waals surface area contributed by atoms with Crippen molar-refractivity contribution in [3.8, 4) is 0 Å². The van der Waals surface area contributed by atoms with E-state index < -0.39 is 17.7 Å². The van der Waals surface area contributed by atoms with Crippen LogP contribution in [0.5, 0.6) is 0 Å². The minimum Gasteiger partial charge on any atom is -0.365 e. The SMILES string of the molecule is Cc1ccccc1CO[C@H]1[C@@H]2O[C@@H]([C@@H]3C[C@H]3c3ccccc3)O[C@@H]2CO[C@]12COC(C)(C)O2. The van der Waals surface area contributed by atoms with Gasteiger partial charge in [-0.15, -0.1) is 0 Å². The maximum atomic E-state index is 6.56. The van der Waals surface area contributed by atoms with Gasteiger partial charge in [-0.05, 0) is 49.8 Å². The molecule has 6 heteroatoms. The van der Waals surface area contributed by atoms with E-state index in [1.807, 2.05) is 26.0 Å². The van der Waals surface area contributed by atoms with E-state index >= 15 is 0 Å². The van der Waals surface area contributed by atoms with E-state index in [4.69, 9.17) is 28.4 Å². The van der Waals surface area contributed by atoms with Crippen LogP contribution in [0.25, 0.3) is 0 Å². The van der Waals surface area contributed by atoms with Gasteiger partial charge in [0.1, 0.15) is 24.9 Å². The van der Waals surface area contributed by atoms with Crippen molar-refractivity contribution in [2.75, 3.05) is 13.2 Å². The monoisotopic (exact) mass is 452 g/mol. The van der Waals surface area contributed by atoms with Gasteiger partial charge in [0, 0.05) is 5.92 Å². The van der Waals surface area contributed by atoms with Crippen LogP contribution in [0, 0.1) is 12.8 Å². The number of rotatable bonds is 5. The number of ether oxygens (including phenoxy) is 6. The second kappa shape index (κ2) is 8.15. The standard InChI is InChI=1S/C27H32O6/c1-17-9-7-8-12-19(17)14-28-24-23-22(15-29-27(24)16-30-26(2,3)33-27)31-25(32-23)21-13-20(21)18-10-5-4-6-11-18/h4-12,20-25H,13-16H2,1-3H3/t20-,21+,22+,23+,24-,25-,27-/m0/s1. The van der Waals surface area contributed by atoms with Crippen LogP contribution in [0.4, 0.5) is 0 Å². The first-order valence-electron chi connectivity index (χ1n) is 11.9. The second-order valence-electron chi connectivity index (χ2n) is 10.1. The fourth-order valence-electron chi connectivity index (χ4n) is 5.42. The lowest BCUT2D eigenvalue weighted by molar-refractivity contribution is -0.336. The molecule has 0 N–H and O–H groups in total. The molecule has 176 valence electrons. The largest absolute Gasteiger partial charge is 0.365 e. The molecule has 1 aliphatic carbocycles. The molecule has 7 atom stereocenters. The highest BCUT2D eigenvalue weighted by atomic mass is 16.9. The molecule has 2 aromatic carbocycles. The molecule has 6 rings (SSSR count). The molecule has 33 heavy (non-hydrogen) atoms. The van der Waals surface area contributed by atoms with Gasteiger partial charge in [-0.2, -0.15) is 0 Å². The van der Waals surface area contributed by atoms with E-state index in [1.54, 1.807) is 0 Å². The molecule has 0 radical (unpaired) electrons. The third-order valence-electron chi connectivity index (χ3n) is 7.33. The summed E-state index contributed by atoms with van der Waals surface area (Å²) in [7, 11) is 0. The molecule has 4 fully saturated rings. The minimum atomic E-state index is -1.01. The first kappa shape index (κ1) is 21.7. The molecule has 0 amide bonds. The molecule has 1 spiro atoms. The molecular formula is C27H32O6. The molecule has 1 saturated carbocycles. The number of fused-ring (bicyclic) bond motifs is 1. The van der Waals surface area contributed by atoms with Crippen molar-refractivity contribution in [1.82, 2.24) is 0 Å². The molecule has 2 aromatic rings. The number of hydrogen-bond acceptors (Lipinski definition) is 6. The summed E-state index contributed by atoms with van der Waals surface area (Å²) >= 11 is 0. The van der Waals surface area contributed by atoms with Crippen LogP contribution >= 0.6 is 0 Å². The predicted molar refractivity (Wildman–Crippen MR) is 120 cm³/mol. The van der Waals surface area contributed by atoms with Gasteiger partial charge in [0.15, 0.2) is 12.1 Å². The zero-order chi connectivity index (χ0) is 22.6. The Morgan fingerprint density at radius 3 is 2.52 bits per heavy atom. The lowest BCUT2D eigenvalue weighted by Gasteiger charge is -2.43. The van der Waals surface area contributed by atoms with Crippen LogP contribution in [-0.4, -0.2) is 49.4 Å². The van der Waals surface area contributed by atoms with Gasteiger partial charge in [-0.3, -0.25) is 0 Å². The van der Waals surface area contributed by atoms with Crippen LogP contribution in [0.1, 0.15) is 42.9 Å². The summed E-state index contributed by atoms with van der Waals surface area (Å²) in [5, 5.41) is 0. The summed E-state index contributed by atoms with van der Waals surface area (Å²) in [5.41, 5.74) is 3.67. The average molecular weight is 453 g/mol. The fraction of sp³-hybridized carbons (Fsp3) is 0.556. The lowest BCUT2D eigenvalue weighted by atomic mass is 9.97. The smallest absolute Gasteiger partial charge is 0.224 e. The average Bonchev–Trinajstić information content (AvgIpc) is 3.40. The molecule has 3 aliphatic heterocycles. The summed E-state index contributed by atoms with van der Waals surface area (Å²) in [4.78, 5) is 0. The summed E-state index contributed by atoms with van der Waals surface area (Å²) in [6.45, 7) is 7.03. The highest BCUT2D eigenvalue weighted by Gasteiger charge is 2.64. The Bertz CT molecular complexity index is 993. The zero-order valence-electron chi connectivity index (χ0n) is 19.4. The van der Waals surface area contributed by atoms with Crippen molar-refractivity contribution in [3.05, 3.63) is 71.3 Å². The highest BCUT2D eigenvalue weighted by molar-refractivity contribution is 5.26. The van der Waals surface area contributed by atoms with Gasteiger partial charge in [0.25, 0.3) is 0 Å². The first-order chi connectivity index (χ1) is 15.9. The first-order valence-corrected chi connectivity index (χ1v) is 11.9. The topological polar surface area (TPSA) is 55.4 Å². The van der Waals surface area contributed by atoms with E-state index in [1.165, 1.54) is 11.1 Å². The fourth-order valence-corrected chi connectivity index (χ4v) is 5.42. The molecule has 4 aliphatic rings. The van der Waals surface area contributed by atoms with E-state index in [2.05, 4.69) is 49.4 Å². The Morgan fingerprint density at radius 1 is 0.970 bits per heavy atom. The Balaban J connectivity index is 1.22. The van der Waals surface area contributed by atoms with Crippen LogP contribution in [-0.2, 0) is 35.0 Å². The summed E-state index contributed by atoms with van der Waals surface area (Å²) in [6, 6.07) is 18.8. The Hall–Kier alpha value is -1.80. The van der Waals surface area contributed by atoms with Gasteiger partial charge in [0.05, 0.1) is 13.2 Å². The van der Waals surface area contributed by atoms with E-state index in [0.717, 1.165) is 12.0 Å².